The highest BCUT2D eigenvalue weighted by Gasteiger charge is 2.54. The van der Waals surface area contributed by atoms with E-state index in [9.17, 15) is 22.4 Å². The molecule has 1 heterocycles. The molecule has 2 atom stereocenters. The Hall–Kier alpha value is -2.78. The topological polar surface area (TPSA) is 118 Å². The maximum Gasteiger partial charge on any atom is 0.322 e. The molecule has 7 nitrogen and oxygen atoms in total. The van der Waals surface area contributed by atoms with E-state index in [0.29, 0.717) is 36.0 Å². The molecule has 2 aliphatic rings. The molecule has 2 fully saturated rings. The normalized spacial score (nSPS) is 24.0. The lowest BCUT2D eigenvalue weighted by Gasteiger charge is -2.29. The van der Waals surface area contributed by atoms with Crippen molar-refractivity contribution < 1.29 is 22.4 Å². The van der Waals surface area contributed by atoms with Gasteiger partial charge >= 0.3 is 6.03 Å². The SMILES string of the molecule is NS(=O)(=O)c1ccc(-c2ccccc2F)c(CC2CCCC23NC(=O)NC3=O)c1. The summed E-state index contributed by atoms with van der Waals surface area (Å²) >= 11 is 0. The smallest absolute Gasteiger partial charge is 0.322 e. The summed E-state index contributed by atoms with van der Waals surface area (Å²) in [6.45, 7) is 0. The first-order chi connectivity index (χ1) is 13.7. The number of halogens is 1. The van der Waals surface area contributed by atoms with Gasteiger partial charge in [0.2, 0.25) is 10.0 Å². The van der Waals surface area contributed by atoms with E-state index >= 15 is 0 Å². The minimum atomic E-state index is -3.96. The van der Waals surface area contributed by atoms with Gasteiger partial charge in [0.25, 0.3) is 5.91 Å². The fourth-order valence-electron chi connectivity index (χ4n) is 4.45. The summed E-state index contributed by atoms with van der Waals surface area (Å²) in [6.07, 6.45) is 2.20. The van der Waals surface area contributed by atoms with E-state index in [1.807, 2.05) is 0 Å². The highest BCUT2D eigenvalue weighted by Crippen LogP contribution is 2.41. The molecule has 3 amide bonds. The number of primary sulfonamides is 1. The Labute approximate surface area is 167 Å². The third-order valence-corrected chi connectivity index (χ3v) is 6.74. The van der Waals surface area contributed by atoms with E-state index in [1.165, 1.54) is 24.3 Å². The van der Waals surface area contributed by atoms with Crippen LogP contribution in [0.15, 0.2) is 47.4 Å². The molecule has 1 saturated carbocycles. The number of hydrogen-bond donors (Lipinski definition) is 3. The van der Waals surface area contributed by atoms with Gasteiger partial charge in [-0.25, -0.2) is 22.7 Å². The van der Waals surface area contributed by atoms with Crippen molar-refractivity contribution in [1.82, 2.24) is 10.6 Å². The minimum Gasteiger partial charge on any atom is -0.323 e. The second kappa shape index (κ2) is 6.93. The van der Waals surface area contributed by atoms with Crippen LogP contribution >= 0.6 is 0 Å². The average Bonchev–Trinajstić information content (AvgIpc) is 3.18. The molecule has 0 bridgehead atoms. The number of nitrogens with one attached hydrogen (secondary N) is 2. The van der Waals surface area contributed by atoms with Gasteiger partial charge in [0, 0.05) is 5.56 Å². The Kier molecular flexibility index (Phi) is 4.66. The molecule has 1 aliphatic heterocycles. The van der Waals surface area contributed by atoms with Crippen molar-refractivity contribution in [2.45, 2.75) is 36.1 Å². The monoisotopic (exact) mass is 417 g/mol. The van der Waals surface area contributed by atoms with E-state index < -0.39 is 27.4 Å². The summed E-state index contributed by atoms with van der Waals surface area (Å²) in [7, 11) is -3.96. The molecule has 2 aromatic rings. The first-order valence-corrected chi connectivity index (χ1v) is 10.8. The van der Waals surface area contributed by atoms with Crippen molar-refractivity contribution in [3.63, 3.8) is 0 Å². The van der Waals surface area contributed by atoms with Crippen molar-refractivity contribution >= 4 is 22.0 Å². The number of urea groups is 1. The minimum absolute atomic E-state index is 0.0838. The van der Waals surface area contributed by atoms with Crippen LogP contribution in [0.25, 0.3) is 11.1 Å². The van der Waals surface area contributed by atoms with Gasteiger partial charge in [-0.05, 0) is 54.5 Å². The van der Waals surface area contributed by atoms with Crippen LogP contribution in [0.2, 0.25) is 0 Å². The van der Waals surface area contributed by atoms with Crippen molar-refractivity contribution in [2.75, 3.05) is 0 Å². The number of benzene rings is 2. The number of carbonyl (C=O) groups is 2. The Morgan fingerprint density at radius 1 is 1.14 bits per heavy atom. The van der Waals surface area contributed by atoms with Crippen LogP contribution in [0, 0.1) is 11.7 Å². The zero-order valence-electron chi connectivity index (χ0n) is 15.4. The molecule has 152 valence electrons. The average molecular weight is 417 g/mol. The van der Waals surface area contributed by atoms with Crippen LogP contribution in [0.4, 0.5) is 9.18 Å². The largest absolute Gasteiger partial charge is 0.323 e. The van der Waals surface area contributed by atoms with Crippen LogP contribution in [0.1, 0.15) is 24.8 Å². The van der Waals surface area contributed by atoms with E-state index in [0.717, 1.165) is 6.42 Å². The lowest BCUT2D eigenvalue weighted by Crippen LogP contribution is -2.50. The zero-order valence-corrected chi connectivity index (χ0v) is 16.3. The van der Waals surface area contributed by atoms with Gasteiger partial charge in [-0.3, -0.25) is 10.1 Å². The molecule has 9 heteroatoms. The van der Waals surface area contributed by atoms with Crippen LogP contribution in [-0.2, 0) is 21.2 Å². The summed E-state index contributed by atoms with van der Waals surface area (Å²) in [5, 5.41) is 10.3. The van der Waals surface area contributed by atoms with Gasteiger partial charge in [-0.2, -0.15) is 0 Å². The molecular weight excluding hydrogens is 397 g/mol. The van der Waals surface area contributed by atoms with Crippen LogP contribution in [0.5, 0.6) is 0 Å². The Bertz CT molecular complexity index is 1120. The van der Waals surface area contributed by atoms with E-state index in [-0.39, 0.29) is 16.7 Å². The first kappa shape index (κ1) is 19.5. The van der Waals surface area contributed by atoms with Crippen molar-refractivity contribution in [3.8, 4) is 11.1 Å². The molecule has 0 radical (unpaired) electrons. The molecule has 0 aromatic heterocycles. The molecular formula is C20H20FN3O4S. The van der Waals surface area contributed by atoms with Crippen molar-refractivity contribution in [3.05, 3.63) is 53.8 Å². The van der Waals surface area contributed by atoms with Gasteiger partial charge in [0.1, 0.15) is 11.4 Å². The standard InChI is InChI=1S/C20H20FN3O4S/c21-17-6-2-1-5-16(17)15-8-7-14(29(22,27)28)11-12(15)10-13-4-3-9-20(13)18(25)23-19(26)24-20/h1-2,5-8,11,13H,3-4,9-10H2,(H2,22,27,28)(H2,23,24,25,26). The summed E-state index contributed by atoms with van der Waals surface area (Å²) in [5.74, 6) is -1.07. The lowest BCUT2D eigenvalue weighted by molar-refractivity contribution is -0.125. The number of nitrogens with two attached hydrogens (primary N) is 1. The van der Waals surface area contributed by atoms with Crippen LogP contribution < -0.4 is 15.8 Å². The number of rotatable bonds is 4. The van der Waals surface area contributed by atoms with Crippen molar-refractivity contribution in [2.24, 2.45) is 11.1 Å². The number of hydrogen-bond acceptors (Lipinski definition) is 4. The molecule has 1 saturated heterocycles. The molecule has 1 aliphatic carbocycles. The van der Waals surface area contributed by atoms with Gasteiger partial charge in [-0.15, -0.1) is 0 Å². The van der Waals surface area contributed by atoms with E-state index in [4.69, 9.17) is 5.14 Å². The van der Waals surface area contributed by atoms with E-state index in [2.05, 4.69) is 10.6 Å². The summed E-state index contributed by atoms with van der Waals surface area (Å²) in [6, 6.07) is 9.97. The molecule has 29 heavy (non-hydrogen) atoms. The quantitative estimate of drug-likeness (QED) is 0.660. The van der Waals surface area contributed by atoms with Gasteiger partial charge in [0.15, 0.2) is 0 Å². The number of carbonyl (C=O) groups excluding carboxylic acids is 2. The van der Waals surface area contributed by atoms with Gasteiger partial charge in [-0.1, -0.05) is 30.7 Å². The fraction of sp³-hybridized carbons (Fsp3) is 0.300. The maximum absolute atomic E-state index is 14.4. The first-order valence-electron chi connectivity index (χ1n) is 9.25. The third kappa shape index (κ3) is 3.40. The summed E-state index contributed by atoms with van der Waals surface area (Å²) in [5.41, 5.74) is 0.390. The Balaban J connectivity index is 1.80. The highest BCUT2D eigenvalue weighted by molar-refractivity contribution is 7.89. The molecule has 1 spiro atoms. The third-order valence-electron chi connectivity index (χ3n) is 5.83. The number of imide groups is 1. The second-order valence-electron chi connectivity index (χ2n) is 7.52. The highest BCUT2D eigenvalue weighted by atomic mass is 32.2. The Morgan fingerprint density at radius 2 is 1.90 bits per heavy atom. The Morgan fingerprint density at radius 3 is 2.55 bits per heavy atom. The van der Waals surface area contributed by atoms with Gasteiger partial charge < -0.3 is 5.32 Å². The predicted octanol–water partition coefficient (Wildman–Crippen LogP) is 2.06. The van der Waals surface area contributed by atoms with Gasteiger partial charge in [0.05, 0.1) is 4.90 Å². The van der Waals surface area contributed by atoms with Crippen molar-refractivity contribution in [1.29, 1.82) is 0 Å². The zero-order chi connectivity index (χ0) is 20.8. The lowest BCUT2D eigenvalue weighted by atomic mass is 9.81. The molecule has 2 unspecified atom stereocenters. The van der Waals surface area contributed by atoms with Crippen LogP contribution in [0.3, 0.4) is 0 Å². The number of amides is 3. The number of sulfonamides is 1. The molecule has 2 aromatic carbocycles. The summed E-state index contributed by atoms with van der Waals surface area (Å²) in [4.78, 5) is 24.1. The maximum atomic E-state index is 14.4. The fourth-order valence-corrected chi connectivity index (χ4v) is 5.01. The van der Waals surface area contributed by atoms with Crippen LogP contribution in [-0.4, -0.2) is 25.9 Å². The predicted molar refractivity (Wildman–Crippen MR) is 104 cm³/mol. The second-order valence-corrected chi connectivity index (χ2v) is 9.08. The molecule has 4 rings (SSSR count). The summed E-state index contributed by atoms with van der Waals surface area (Å²) < 4.78 is 38.2. The van der Waals surface area contributed by atoms with E-state index in [1.54, 1.807) is 18.2 Å². The molecule has 4 N–H and O–H groups in total.